The number of benzene rings is 1. The lowest BCUT2D eigenvalue weighted by Gasteiger charge is -2.26. The number of hydrogen-bond donors (Lipinski definition) is 1. The number of rotatable bonds is 2. The molecule has 1 amide bonds. The molecule has 0 bridgehead atoms. The van der Waals surface area contributed by atoms with E-state index in [4.69, 9.17) is 5.11 Å². The van der Waals surface area contributed by atoms with Gasteiger partial charge < -0.3 is 10.0 Å². The Hall–Kier alpha value is -1.51. The van der Waals surface area contributed by atoms with E-state index in [1.807, 2.05) is 0 Å². The van der Waals surface area contributed by atoms with Gasteiger partial charge in [-0.25, -0.2) is 0 Å². The SMILES string of the molecule is CN(CC(C)(C)C)C(=O)c1ccc(O)cc1. The second-order valence-electron chi connectivity index (χ2n) is 5.27. The Morgan fingerprint density at radius 2 is 1.75 bits per heavy atom. The van der Waals surface area contributed by atoms with Crippen LogP contribution in [0.2, 0.25) is 0 Å². The van der Waals surface area contributed by atoms with Crippen molar-refractivity contribution >= 4 is 5.91 Å². The molecule has 0 saturated carbocycles. The van der Waals surface area contributed by atoms with Gasteiger partial charge in [-0.2, -0.15) is 0 Å². The standard InChI is InChI=1S/C13H19NO2/c1-13(2,3)9-14(4)12(16)10-5-7-11(15)8-6-10/h5-8,15H,9H2,1-4H3. The first-order valence-electron chi connectivity index (χ1n) is 5.34. The van der Waals surface area contributed by atoms with Crippen LogP contribution in [0.1, 0.15) is 31.1 Å². The highest BCUT2D eigenvalue weighted by Crippen LogP contribution is 2.17. The van der Waals surface area contributed by atoms with Crippen molar-refractivity contribution < 1.29 is 9.90 Å². The van der Waals surface area contributed by atoms with Gasteiger partial charge in [0.15, 0.2) is 0 Å². The van der Waals surface area contributed by atoms with Crippen LogP contribution in [0.25, 0.3) is 0 Å². The number of phenolic OH excluding ortho intramolecular Hbond substituents is 1. The molecule has 0 aliphatic heterocycles. The molecule has 1 aromatic carbocycles. The predicted molar refractivity (Wildman–Crippen MR) is 64.5 cm³/mol. The zero-order valence-corrected chi connectivity index (χ0v) is 10.3. The molecule has 0 radical (unpaired) electrons. The van der Waals surface area contributed by atoms with E-state index in [0.29, 0.717) is 12.1 Å². The largest absolute Gasteiger partial charge is 0.508 e. The molecule has 0 saturated heterocycles. The van der Waals surface area contributed by atoms with E-state index in [-0.39, 0.29) is 17.1 Å². The lowest BCUT2D eigenvalue weighted by Crippen LogP contribution is -2.34. The molecule has 1 rings (SSSR count). The summed E-state index contributed by atoms with van der Waals surface area (Å²) in [5, 5.41) is 9.14. The van der Waals surface area contributed by atoms with Gasteiger partial charge in [-0.05, 0) is 29.7 Å². The van der Waals surface area contributed by atoms with Crippen molar-refractivity contribution in [3.05, 3.63) is 29.8 Å². The van der Waals surface area contributed by atoms with E-state index in [0.717, 1.165) is 0 Å². The third kappa shape index (κ3) is 3.57. The molecule has 1 aromatic rings. The van der Waals surface area contributed by atoms with Gasteiger partial charge in [-0.3, -0.25) is 4.79 Å². The molecular formula is C13H19NO2. The smallest absolute Gasteiger partial charge is 0.253 e. The predicted octanol–water partition coefficient (Wildman–Crippen LogP) is 2.51. The van der Waals surface area contributed by atoms with Crippen LogP contribution in [-0.4, -0.2) is 29.5 Å². The summed E-state index contributed by atoms with van der Waals surface area (Å²) in [6, 6.07) is 6.32. The van der Waals surface area contributed by atoms with Crippen LogP contribution in [0, 0.1) is 5.41 Å². The molecule has 3 heteroatoms. The molecule has 3 nitrogen and oxygen atoms in total. The van der Waals surface area contributed by atoms with Gasteiger partial charge in [-0.1, -0.05) is 20.8 Å². The molecular weight excluding hydrogens is 202 g/mol. The number of aromatic hydroxyl groups is 1. The summed E-state index contributed by atoms with van der Waals surface area (Å²) < 4.78 is 0. The first kappa shape index (κ1) is 12.6. The normalized spacial score (nSPS) is 11.2. The van der Waals surface area contributed by atoms with Crippen LogP contribution in [0.3, 0.4) is 0 Å². The fraction of sp³-hybridized carbons (Fsp3) is 0.462. The van der Waals surface area contributed by atoms with Gasteiger partial charge in [-0.15, -0.1) is 0 Å². The topological polar surface area (TPSA) is 40.5 Å². The second kappa shape index (κ2) is 4.56. The van der Waals surface area contributed by atoms with Gasteiger partial charge in [0, 0.05) is 19.2 Å². The maximum atomic E-state index is 12.0. The van der Waals surface area contributed by atoms with Gasteiger partial charge in [0.2, 0.25) is 0 Å². The average molecular weight is 221 g/mol. The molecule has 0 aliphatic rings. The van der Waals surface area contributed by atoms with E-state index in [1.165, 1.54) is 12.1 Å². The fourth-order valence-electron chi connectivity index (χ4n) is 1.61. The van der Waals surface area contributed by atoms with Crippen LogP contribution in [0.15, 0.2) is 24.3 Å². The molecule has 1 N–H and O–H groups in total. The number of nitrogens with zero attached hydrogens (tertiary/aromatic N) is 1. The summed E-state index contributed by atoms with van der Waals surface area (Å²) in [5.74, 6) is 0.157. The number of hydrogen-bond acceptors (Lipinski definition) is 2. The quantitative estimate of drug-likeness (QED) is 0.833. The van der Waals surface area contributed by atoms with E-state index < -0.39 is 0 Å². The fourth-order valence-corrected chi connectivity index (χ4v) is 1.61. The van der Waals surface area contributed by atoms with Gasteiger partial charge in [0.25, 0.3) is 5.91 Å². The van der Waals surface area contributed by atoms with Crippen molar-refractivity contribution in [1.82, 2.24) is 4.90 Å². The summed E-state index contributed by atoms with van der Waals surface area (Å²) in [4.78, 5) is 13.7. The Balaban J connectivity index is 2.74. The van der Waals surface area contributed by atoms with Crippen LogP contribution >= 0.6 is 0 Å². The van der Waals surface area contributed by atoms with Crippen molar-refractivity contribution in [3.8, 4) is 5.75 Å². The maximum Gasteiger partial charge on any atom is 0.253 e. The molecule has 0 unspecified atom stereocenters. The van der Waals surface area contributed by atoms with Crippen molar-refractivity contribution in [2.45, 2.75) is 20.8 Å². The van der Waals surface area contributed by atoms with E-state index in [2.05, 4.69) is 20.8 Å². The second-order valence-corrected chi connectivity index (χ2v) is 5.27. The molecule has 0 fully saturated rings. The van der Waals surface area contributed by atoms with Crippen molar-refractivity contribution in [2.24, 2.45) is 5.41 Å². The number of carbonyl (C=O) groups is 1. The maximum absolute atomic E-state index is 12.0. The molecule has 0 atom stereocenters. The van der Waals surface area contributed by atoms with Gasteiger partial charge >= 0.3 is 0 Å². The Kier molecular flexibility index (Phi) is 3.58. The van der Waals surface area contributed by atoms with E-state index in [9.17, 15) is 4.79 Å². The number of phenols is 1. The summed E-state index contributed by atoms with van der Waals surface area (Å²) in [5.41, 5.74) is 0.686. The van der Waals surface area contributed by atoms with Crippen LogP contribution < -0.4 is 0 Å². The number of amides is 1. The van der Waals surface area contributed by atoms with Gasteiger partial charge in [0.05, 0.1) is 0 Å². The van der Waals surface area contributed by atoms with E-state index in [1.54, 1.807) is 24.1 Å². The minimum absolute atomic E-state index is 0.0186. The molecule has 0 aliphatic carbocycles. The highest BCUT2D eigenvalue weighted by Gasteiger charge is 2.18. The summed E-state index contributed by atoms with van der Waals surface area (Å²) in [6.45, 7) is 6.97. The molecule has 0 heterocycles. The van der Waals surface area contributed by atoms with Crippen LogP contribution in [-0.2, 0) is 0 Å². The first-order valence-corrected chi connectivity index (χ1v) is 5.34. The van der Waals surface area contributed by atoms with Crippen molar-refractivity contribution in [2.75, 3.05) is 13.6 Å². The number of carbonyl (C=O) groups excluding carboxylic acids is 1. The Morgan fingerprint density at radius 3 is 2.19 bits per heavy atom. The highest BCUT2D eigenvalue weighted by molar-refractivity contribution is 5.94. The van der Waals surface area contributed by atoms with Crippen LogP contribution in [0.5, 0.6) is 5.75 Å². The molecule has 88 valence electrons. The van der Waals surface area contributed by atoms with Crippen LogP contribution in [0.4, 0.5) is 0 Å². The van der Waals surface area contributed by atoms with E-state index >= 15 is 0 Å². The molecule has 16 heavy (non-hydrogen) atoms. The zero-order chi connectivity index (χ0) is 12.3. The monoisotopic (exact) mass is 221 g/mol. The molecule has 0 spiro atoms. The third-order valence-electron chi connectivity index (χ3n) is 2.17. The lowest BCUT2D eigenvalue weighted by atomic mass is 9.96. The third-order valence-corrected chi connectivity index (χ3v) is 2.17. The Labute approximate surface area is 96.7 Å². The highest BCUT2D eigenvalue weighted by atomic mass is 16.3. The minimum atomic E-state index is -0.0186. The summed E-state index contributed by atoms with van der Waals surface area (Å²) >= 11 is 0. The van der Waals surface area contributed by atoms with Crippen molar-refractivity contribution in [3.63, 3.8) is 0 Å². The van der Waals surface area contributed by atoms with Gasteiger partial charge in [0.1, 0.15) is 5.75 Å². The lowest BCUT2D eigenvalue weighted by molar-refractivity contribution is 0.0745. The van der Waals surface area contributed by atoms with Crippen molar-refractivity contribution in [1.29, 1.82) is 0 Å². The molecule has 0 aromatic heterocycles. The zero-order valence-electron chi connectivity index (χ0n) is 10.3. The summed E-state index contributed by atoms with van der Waals surface area (Å²) in [7, 11) is 1.79. The summed E-state index contributed by atoms with van der Waals surface area (Å²) in [6.07, 6.45) is 0. The Morgan fingerprint density at radius 1 is 1.25 bits per heavy atom. The average Bonchev–Trinajstić information content (AvgIpc) is 2.15. The Bertz CT molecular complexity index is 363. The first-order chi connectivity index (χ1) is 7.29. The minimum Gasteiger partial charge on any atom is -0.508 e.